The number of carbonyl (C=O) groups excluding carboxylic acids is 4. The minimum Gasteiger partial charge on any atom is -0.480 e. The molecule has 1 aromatic heterocycles. The van der Waals surface area contributed by atoms with Gasteiger partial charge in [0.1, 0.15) is 5.75 Å². The van der Waals surface area contributed by atoms with Crippen molar-refractivity contribution in [1.29, 1.82) is 0 Å². The zero-order valence-electron chi connectivity index (χ0n) is 29.8. The summed E-state index contributed by atoms with van der Waals surface area (Å²) in [5, 5.41) is 10.1. The third kappa shape index (κ3) is 8.16. The van der Waals surface area contributed by atoms with Crippen LogP contribution in [0.15, 0.2) is 73.1 Å². The summed E-state index contributed by atoms with van der Waals surface area (Å²) in [5.41, 5.74) is 2.80. The highest BCUT2D eigenvalue weighted by molar-refractivity contribution is 6.34. The van der Waals surface area contributed by atoms with Gasteiger partial charge in [-0.05, 0) is 101 Å². The van der Waals surface area contributed by atoms with E-state index in [4.69, 9.17) is 16.3 Å². The summed E-state index contributed by atoms with van der Waals surface area (Å²) >= 11 is 6.56. The van der Waals surface area contributed by atoms with Crippen LogP contribution in [0.5, 0.6) is 5.75 Å². The molecule has 0 bridgehead atoms. The molecule has 2 atom stereocenters. The molecule has 2 N–H and O–H groups in total. The predicted octanol–water partition coefficient (Wildman–Crippen LogP) is 6.69. The lowest BCUT2D eigenvalue weighted by molar-refractivity contribution is -0.136. The van der Waals surface area contributed by atoms with Crippen molar-refractivity contribution in [3.05, 3.63) is 94.8 Å². The number of ketones is 1. The van der Waals surface area contributed by atoms with Gasteiger partial charge in [-0.15, -0.1) is 0 Å². The molecule has 2 unspecified atom stereocenters. The number of Topliss-reactive ketones (excluding diaryl/α,β-unsaturated/α-hetero) is 1. The van der Waals surface area contributed by atoms with E-state index < -0.39 is 23.3 Å². The number of aryl methyl sites for hydroxylation is 3. The van der Waals surface area contributed by atoms with Gasteiger partial charge in [0.25, 0.3) is 11.8 Å². The molecule has 0 aliphatic heterocycles. The number of rotatable bonds is 14. The first-order valence-corrected chi connectivity index (χ1v) is 16.9. The van der Waals surface area contributed by atoms with Crippen molar-refractivity contribution >= 4 is 57.9 Å². The highest BCUT2D eigenvalue weighted by atomic mass is 35.5. The summed E-state index contributed by atoms with van der Waals surface area (Å²) in [5.74, 6) is -1.47. The van der Waals surface area contributed by atoms with E-state index in [1.54, 1.807) is 18.2 Å². The van der Waals surface area contributed by atoms with Crippen LogP contribution >= 0.6 is 11.6 Å². The Morgan fingerprint density at radius 3 is 2.28 bits per heavy atom. The van der Waals surface area contributed by atoms with Gasteiger partial charge in [-0.25, -0.2) is 4.68 Å². The molecule has 0 aliphatic carbocycles. The number of nitrogens with one attached hydrogen (secondary N) is 2. The molecule has 4 aromatic rings. The molecule has 3 amide bonds. The zero-order valence-corrected chi connectivity index (χ0v) is 30.6. The topological polar surface area (TPSA) is 126 Å². The molecular weight excluding hydrogens is 656 g/mol. The third-order valence-corrected chi connectivity index (χ3v) is 9.08. The van der Waals surface area contributed by atoms with E-state index in [2.05, 4.69) is 20.6 Å². The van der Waals surface area contributed by atoms with Crippen molar-refractivity contribution in [2.45, 2.75) is 66.5 Å². The van der Waals surface area contributed by atoms with Gasteiger partial charge in [0.05, 0.1) is 17.3 Å². The van der Waals surface area contributed by atoms with E-state index in [0.717, 1.165) is 28.9 Å². The summed E-state index contributed by atoms with van der Waals surface area (Å²) in [6, 6.07) is 17.6. The van der Waals surface area contributed by atoms with Crippen molar-refractivity contribution in [3.8, 4) is 5.75 Å². The van der Waals surface area contributed by atoms with Gasteiger partial charge in [0.15, 0.2) is 11.9 Å². The minimum absolute atomic E-state index is 0.146. The third-order valence-electron chi connectivity index (χ3n) is 8.75. The Balaban J connectivity index is 1.66. The van der Waals surface area contributed by atoms with E-state index in [1.165, 1.54) is 48.0 Å². The van der Waals surface area contributed by atoms with E-state index in [1.807, 2.05) is 72.0 Å². The fourth-order valence-electron chi connectivity index (χ4n) is 5.69. The largest absolute Gasteiger partial charge is 0.480 e. The van der Waals surface area contributed by atoms with Crippen molar-refractivity contribution in [2.24, 2.45) is 0 Å². The van der Waals surface area contributed by atoms with Crippen LogP contribution in [0, 0.1) is 20.8 Å². The molecule has 0 spiro atoms. The first-order valence-electron chi connectivity index (χ1n) is 16.5. The maximum atomic E-state index is 14.4. The molecule has 0 fully saturated rings. The fourth-order valence-corrected chi connectivity index (χ4v) is 5.85. The van der Waals surface area contributed by atoms with Gasteiger partial charge in [0, 0.05) is 50.0 Å². The maximum Gasteiger partial charge on any atom is 0.265 e. The summed E-state index contributed by atoms with van der Waals surface area (Å²) in [6.45, 7) is 12.8. The number of amides is 3. The Kier molecular flexibility index (Phi) is 12.1. The van der Waals surface area contributed by atoms with E-state index >= 15 is 0 Å². The number of halogens is 1. The summed E-state index contributed by atoms with van der Waals surface area (Å²) in [6.07, 6.45) is 2.58. The summed E-state index contributed by atoms with van der Waals surface area (Å²) in [7, 11) is 1.97. The van der Waals surface area contributed by atoms with Crippen molar-refractivity contribution in [1.82, 2.24) is 9.78 Å². The second kappa shape index (κ2) is 16.0. The molecule has 264 valence electrons. The molecule has 3 aromatic carbocycles. The molecular formula is C38H45ClN6O5. The number of benzene rings is 3. The number of carbonyl (C=O) groups is 4. The number of nitrogens with zero attached hydrogens (tertiary/aromatic N) is 4. The quantitative estimate of drug-likeness (QED) is 0.140. The lowest BCUT2D eigenvalue weighted by Gasteiger charge is -2.36. The van der Waals surface area contributed by atoms with Crippen LogP contribution in [0.3, 0.4) is 0 Å². The lowest BCUT2D eigenvalue weighted by atomic mass is 9.91. The molecule has 11 nitrogen and oxygen atoms in total. The molecule has 12 heteroatoms. The fraction of sp³-hybridized carbons (Fsp3) is 0.342. The highest BCUT2D eigenvalue weighted by Crippen LogP contribution is 2.32. The predicted molar refractivity (Wildman–Crippen MR) is 198 cm³/mol. The second-order valence-corrected chi connectivity index (χ2v) is 12.8. The smallest absolute Gasteiger partial charge is 0.265 e. The van der Waals surface area contributed by atoms with Crippen LogP contribution in [0.2, 0.25) is 5.02 Å². The van der Waals surface area contributed by atoms with Crippen LogP contribution in [0.1, 0.15) is 50.8 Å². The van der Waals surface area contributed by atoms with Gasteiger partial charge in [0.2, 0.25) is 11.4 Å². The molecule has 0 aliphatic rings. The number of hydrogen-bond donors (Lipinski definition) is 2. The molecule has 0 radical (unpaired) electrons. The average molecular weight is 701 g/mol. The van der Waals surface area contributed by atoms with E-state index in [9.17, 15) is 19.2 Å². The standard InChI is InChI=1S/C38H45ClN6O5/c1-9-34(50-35-17-12-24(3)20-26(35)5)36(48)41-29-13-15-31(39)32(22-29)42-37(49)38(27(6)46,45-19-11-18-40-45)23-44(28(7)47)33-16-14-30(21-25(33)4)43(8)10-2/h11-22,34H,9-10,23H2,1-8H3,(H,41,48)(H,42,49). The van der Waals surface area contributed by atoms with Crippen LogP contribution < -0.4 is 25.2 Å². The molecule has 0 saturated carbocycles. The van der Waals surface area contributed by atoms with Crippen molar-refractivity contribution in [2.75, 3.05) is 40.6 Å². The highest BCUT2D eigenvalue weighted by Gasteiger charge is 2.48. The van der Waals surface area contributed by atoms with Crippen LogP contribution in [-0.4, -0.2) is 59.5 Å². The van der Waals surface area contributed by atoms with Gasteiger partial charge in [-0.2, -0.15) is 5.10 Å². The summed E-state index contributed by atoms with van der Waals surface area (Å²) < 4.78 is 7.30. The van der Waals surface area contributed by atoms with Crippen LogP contribution in [-0.2, 0) is 24.7 Å². The second-order valence-electron chi connectivity index (χ2n) is 12.4. The normalized spacial score (nSPS) is 12.7. The number of aromatic nitrogens is 2. The molecule has 4 rings (SSSR count). The Labute approximate surface area is 298 Å². The lowest BCUT2D eigenvalue weighted by Crippen LogP contribution is -2.59. The number of ether oxygens (including phenoxy) is 1. The Hall–Kier alpha value is -5.16. The number of hydrogen-bond acceptors (Lipinski definition) is 7. The minimum atomic E-state index is -1.99. The Bertz CT molecular complexity index is 1880. The SMILES string of the molecule is CCC(Oc1ccc(C)cc1C)C(=O)Nc1ccc(Cl)c(NC(=O)C(CN(C(C)=O)c2ccc(N(C)CC)cc2C)(C(C)=O)n2cccn2)c1. The summed E-state index contributed by atoms with van der Waals surface area (Å²) in [4.78, 5) is 58.1. The van der Waals surface area contributed by atoms with E-state index in [-0.39, 0.29) is 29.1 Å². The number of anilines is 4. The van der Waals surface area contributed by atoms with Gasteiger partial charge < -0.3 is 25.2 Å². The van der Waals surface area contributed by atoms with Gasteiger partial charge >= 0.3 is 0 Å². The monoisotopic (exact) mass is 700 g/mol. The van der Waals surface area contributed by atoms with Crippen molar-refractivity contribution in [3.63, 3.8) is 0 Å². The van der Waals surface area contributed by atoms with Crippen molar-refractivity contribution < 1.29 is 23.9 Å². The van der Waals surface area contributed by atoms with Gasteiger partial charge in [-0.3, -0.25) is 19.2 Å². The Morgan fingerprint density at radius 1 is 0.960 bits per heavy atom. The van der Waals surface area contributed by atoms with Crippen LogP contribution in [0.4, 0.5) is 22.7 Å². The molecule has 1 heterocycles. The maximum absolute atomic E-state index is 14.4. The van der Waals surface area contributed by atoms with Crippen LogP contribution in [0.25, 0.3) is 0 Å². The van der Waals surface area contributed by atoms with E-state index in [0.29, 0.717) is 23.5 Å². The average Bonchev–Trinajstić information content (AvgIpc) is 3.61. The first-order chi connectivity index (χ1) is 23.7. The first kappa shape index (κ1) is 37.7. The molecule has 0 saturated heterocycles. The molecule has 50 heavy (non-hydrogen) atoms. The zero-order chi connectivity index (χ0) is 36.7. The van der Waals surface area contributed by atoms with Gasteiger partial charge in [-0.1, -0.05) is 36.2 Å². The Morgan fingerprint density at radius 2 is 1.70 bits per heavy atom.